The molecule has 0 radical (unpaired) electrons. The molecule has 2 rings (SSSR count). The molecule has 0 spiro atoms. The summed E-state index contributed by atoms with van der Waals surface area (Å²) in [6.45, 7) is 0. The Morgan fingerprint density at radius 3 is 2.75 bits per heavy atom. The number of rotatable bonds is 2. The molecule has 1 aromatic rings. The number of ether oxygens (including phenoxy) is 1. The van der Waals surface area contributed by atoms with Crippen LogP contribution in [0.4, 0.5) is 0 Å². The van der Waals surface area contributed by atoms with Crippen LogP contribution in [0.1, 0.15) is 6.42 Å². The molecule has 0 aliphatic carbocycles. The van der Waals surface area contributed by atoms with Gasteiger partial charge in [-0.05, 0) is 0 Å². The predicted octanol–water partition coefficient (Wildman–Crippen LogP) is 1.28. The molecule has 0 saturated heterocycles. The van der Waals surface area contributed by atoms with Crippen molar-refractivity contribution in [2.24, 2.45) is 0 Å². The fraction of sp³-hybridized carbons (Fsp3) is 0.200. The van der Waals surface area contributed by atoms with E-state index in [0.29, 0.717) is 20.0 Å². The number of hydrogen-bond donors (Lipinski definition) is 0. The Hall–Kier alpha value is -0.721. The first-order valence-corrected chi connectivity index (χ1v) is 5.82. The Morgan fingerprint density at radius 2 is 2.08 bits per heavy atom. The van der Waals surface area contributed by atoms with E-state index in [1.54, 1.807) is 0 Å². The molecule has 2 heteroatoms. The summed E-state index contributed by atoms with van der Waals surface area (Å²) < 4.78 is 6.82. The van der Waals surface area contributed by atoms with Crippen molar-refractivity contribution in [3.05, 3.63) is 42.7 Å². The van der Waals surface area contributed by atoms with E-state index in [9.17, 15) is 0 Å². The van der Waals surface area contributed by atoms with Gasteiger partial charge in [0.05, 0.1) is 0 Å². The predicted molar refractivity (Wildman–Crippen MR) is 50.5 cm³/mol. The number of benzene rings is 1. The van der Waals surface area contributed by atoms with Crippen molar-refractivity contribution in [1.29, 1.82) is 0 Å². The molecule has 1 heterocycles. The van der Waals surface area contributed by atoms with E-state index >= 15 is 0 Å². The summed E-state index contributed by atoms with van der Waals surface area (Å²) in [5, 5.41) is 0.430. The van der Waals surface area contributed by atoms with E-state index in [4.69, 9.17) is 4.74 Å². The molecule has 1 aliphatic heterocycles. The van der Waals surface area contributed by atoms with E-state index in [2.05, 4.69) is 30.3 Å². The molecular weight excluding hydrogens is 215 g/mol. The summed E-state index contributed by atoms with van der Waals surface area (Å²) in [5.74, 6) is 0. The van der Waals surface area contributed by atoms with E-state index in [0.717, 1.165) is 6.42 Å². The molecule has 1 atom stereocenters. The van der Waals surface area contributed by atoms with Gasteiger partial charge in [-0.3, -0.25) is 0 Å². The van der Waals surface area contributed by atoms with Gasteiger partial charge in [-0.25, -0.2) is 0 Å². The average molecular weight is 225 g/mol. The summed E-state index contributed by atoms with van der Waals surface area (Å²) in [4.78, 5) is 0. The van der Waals surface area contributed by atoms with Gasteiger partial charge in [-0.15, -0.1) is 0 Å². The first-order chi connectivity index (χ1) is 5.95. The molecule has 12 heavy (non-hydrogen) atoms. The zero-order valence-electron chi connectivity index (χ0n) is 6.64. The Balaban J connectivity index is 1.95. The molecule has 0 N–H and O–H groups in total. The standard InChI is InChI=1S/C10H10OSe/c1-2-5-9(6-3-1)12-10-7-4-8-11-10/h1-6,8,10H,7H2. The SMILES string of the molecule is C1=COC([Se]c2ccccc2)C1. The van der Waals surface area contributed by atoms with Crippen molar-refractivity contribution < 1.29 is 4.74 Å². The average Bonchev–Trinajstić information content (AvgIpc) is 2.59. The first kappa shape index (κ1) is 7.90. The Kier molecular flexibility index (Phi) is 2.50. The van der Waals surface area contributed by atoms with Gasteiger partial charge < -0.3 is 0 Å². The molecule has 0 amide bonds. The van der Waals surface area contributed by atoms with E-state index in [-0.39, 0.29) is 0 Å². The van der Waals surface area contributed by atoms with Crippen LogP contribution in [0.15, 0.2) is 42.7 Å². The second-order valence-electron chi connectivity index (χ2n) is 2.60. The van der Waals surface area contributed by atoms with Gasteiger partial charge in [0.25, 0.3) is 0 Å². The Morgan fingerprint density at radius 1 is 1.25 bits per heavy atom. The van der Waals surface area contributed by atoms with Crippen LogP contribution < -0.4 is 4.46 Å². The van der Waals surface area contributed by atoms with E-state index in [1.165, 1.54) is 4.46 Å². The summed E-state index contributed by atoms with van der Waals surface area (Å²) in [6.07, 6.45) is 4.99. The van der Waals surface area contributed by atoms with E-state index in [1.807, 2.05) is 12.3 Å². The third kappa shape index (κ3) is 1.90. The molecule has 1 unspecified atom stereocenters. The second-order valence-corrected chi connectivity index (χ2v) is 5.19. The molecule has 0 saturated carbocycles. The zero-order chi connectivity index (χ0) is 8.23. The second kappa shape index (κ2) is 3.79. The van der Waals surface area contributed by atoms with E-state index < -0.39 is 0 Å². The van der Waals surface area contributed by atoms with Gasteiger partial charge in [0.1, 0.15) is 0 Å². The molecule has 0 fully saturated rings. The van der Waals surface area contributed by atoms with Crippen LogP contribution in [-0.4, -0.2) is 20.0 Å². The summed E-state index contributed by atoms with van der Waals surface area (Å²) >= 11 is 0.463. The fourth-order valence-corrected chi connectivity index (χ4v) is 3.07. The van der Waals surface area contributed by atoms with Crippen LogP contribution in [0.3, 0.4) is 0 Å². The topological polar surface area (TPSA) is 9.23 Å². The minimum absolute atomic E-state index is 0.430. The molecule has 0 aromatic heterocycles. The van der Waals surface area contributed by atoms with Crippen LogP contribution in [0.25, 0.3) is 0 Å². The van der Waals surface area contributed by atoms with Crippen molar-refractivity contribution >= 4 is 19.4 Å². The van der Waals surface area contributed by atoms with Crippen molar-refractivity contribution in [1.82, 2.24) is 0 Å². The van der Waals surface area contributed by atoms with Gasteiger partial charge in [0.15, 0.2) is 0 Å². The normalized spacial score (nSPS) is 20.8. The third-order valence-corrected chi connectivity index (χ3v) is 4.00. The molecular formula is C10H10OSe. The van der Waals surface area contributed by atoms with Gasteiger partial charge in [0, 0.05) is 0 Å². The summed E-state index contributed by atoms with van der Waals surface area (Å²) in [6, 6.07) is 10.6. The molecule has 62 valence electrons. The molecule has 1 aromatic carbocycles. The van der Waals surface area contributed by atoms with Crippen LogP contribution in [0.5, 0.6) is 0 Å². The third-order valence-electron chi connectivity index (χ3n) is 1.67. The monoisotopic (exact) mass is 226 g/mol. The van der Waals surface area contributed by atoms with Gasteiger partial charge in [-0.2, -0.15) is 0 Å². The summed E-state index contributed by atoms with van der Waals surface area (Å²) in [5.41, 5.74) is 0. The Labute approximate surface area is 78.6 Å². The molecule has 1 nitrogen and oxygen atoms in total. The van der Waals surface area contributed by atoms with Crippen LogP contribution in [-0.2, 0) is 4.74 Å². The minimum atomic E-state index is 0.430. The van der Waals surface area contributed by atoms with Crippen LogP contribution >= 0.6 is 0 Å². The quantitative estimate of drug-likeness (QED) is 0.689. The first-order valence-electron chi connectivity index (χ1n) is 3.97. The van der Waals surface area contributed by atoms with Gasteiger partial charge in [0.2, 0.25) is 0 Å². The van der Waals surface area contributed by atoms with Crippen molar-refractivity contribution in [3.63, 3.8) is 0 Å². The zero-order valence-corrected chi connectivity index (χ0v) is 8.36. The van der Waals surface area contributed by atoms with Gasteiger partial charge >= 0.3 is 78.2 Å². The van der Waals surface area contributed by atoms with Crippen LogP contribution in [0, 0.1) is 0 Å². The van der Waals surface area contributed by atoms with Crippen molar-refractivity contribution in [2.45, 2.75) is 11.4 Å². The molecule has 1 aliphatic rings. The Bertz CT molecular complexity index is 260. The van der Waals surface area contributed by atoms with Crippen molar-refractivity contribution in [3.8, 4) is 0 Å². The fourth-order valence-electron chi connectivity index (χ4n) is 1.09. The maximum atomic E-state index is 5.40. The molecule has 0 bridgehead atoms. The van der Waals surface area contributed by atoms with Crippen molar-refractivity contribution in [2.75, 3.05) is 0 Å². The summed E-state index contributed by atoms with van der Waals surface area (Å²) in [7, 11) is 0. The van der Waals surface area contributed by atoms with Crippen LogP contribution in [0.2, 0.25) is 0 Å². The maximum absolute atomic E-state index is 5.40. The number of hydrogen-bond acceptors (Lipinski definition) is 1. The van der Waals surface area contributed by atoms with Gasteiger partial charge in [-0.1, -0.05) is 0 Å².